The van der Waals surface area contributed by atoms with E-state index in [9.17, 15) is 0 Å². The molecule has 2 aromatic heterocycles. The predicted molar refractivity (Wildman–Crippen MR) is 284 cm³/mol. The van der Waals surface area contributed by atoms with Crippen LogP contribution in [0, 0.1) is 0 Å². The zero-order chi connectivity index (χ0) is 44.7. The van der Waals surface area contributed by atoms with E-state index in [-0.39, 0.29) is 0 Å². The first-order chi connectivity index (χ1) is 33.8. The summed E-state index contributed by atoms with van der Waals surface area (Å²) in [5.74, 6) is 0. The van der Waals surface area contributed by atoms with Crippen LogP contribution < -0.4 is 9.80 Å². The van der Waals surface area contributed by atoms with E-state index in [1.165, 1.54) is 66.6 Å². The number of nitrogens with zero attached hydrogens (tertiary/aromatic N) is 4. The number of aromatic nitrogens is 2. The molecule has 0 atom stereocenters. The van der Waals surface area contributed by atoms with E-state index in [0.717, 1.165) is 56.6 Å². The Morgan fingerprint density at radius 1 is 0.235 bits per heavy atom. The lowest BCUT2D eigenvalue weighted by Gasteiger charge is -2.27. The molecular formula is C64H42N4. The van der Waals surface area contributed by atoms with Crippen molar-refractivity contribution >= 4 is 55.9 Å². The van der Waals surface area contributed by atoms with Crippen molar-refractivity contribution in [3.63, 3.8) is 0 Å². The van der Waals surface area contributed by atoms with Crippen molar-refractivity contribution in [3.05, 3.63) is 255 Å². The van der Waals surface area contributed by atoms with Gasteiger partial charge in [0.1, 0.15) is 0 Å². The molecular weight excluding hydrogens is 825 g/mol. The van der Waals surface area contributed by atoms with Crippen LogP contribution in [0.4, 0.5) is 34.1 Å². The van der Waals surface area contributed by atoms with E-state index in [4.69, 9.17) is 0 Å². The fourth-order valence-corrected chi connectivity index (χ4v) is 11.2. The molecule has 0 radical (unpaired) electrons. The minimum atomic E-state index is 1.11. The van der Waals surface area contributed by atoms with E-state index >= 15 is 0 Å². The molecule has 0 spiro atoms. The minimum Gasteiger partial charge on any atom is -0.309 e. The molecule has 0 saturated heterocycles. The van der Waals surface area contributed by atoms with Crippen LogP contribution in [0.2, 0.25) is 0 Å². The van der Waals surface area contributed by atoms with E-state index < -0.39 is 0 Å². The van der Waals surface area contributed by atoms with Gasteiger partial charge in [-0.2, -0.15) is 0 Å². The zero-order valence-electron chi connectivity index (χ0n) is 37.0. The molecule has 4 heteroatoms. The van der Waals surface area contributed by atoms with Gasteiger partial charge in [0.05, 0.1) is 45.2 Å². The molecule has 4 heterocycles. The molecule has 12 aromatic rings. The summed E-state index contributed by atoms with van der Waals surface area (Å²) >= 11 is 0. The fourth-order valence-electron chi connectivity index (χ4n) is 11.2. The van der Waals surface area contributed by atoms with Gasteiger partial charge in [0.2, 0.25) is 0 Å². The summed E-state index contributed by atoms with van der Waals surface area (Å²) in [6.45, 7) is 0. The van der Waals surface area contributed by atoms with Crippen molar-refractivity contribution < 1.29 is 0 Å². The molecule has 0 fully saturated rings. The molecule has 2 aliphatic heterocycles. The van der Waals surface area contributed by atoms with E-state index in [1.54, 1.807) is 0 Å². The smallest absolute Gasteiger partial charge is 0.0641 e. The Bertz CT molecular complexity index is 3680. The second-order valence-corrected chi connectivity index (χ2v) is 17.7. The van der Waals surface area contributed by atoms with Gasteiger partial charge in [0, 0.05) is 66.9 Å². The molecule has 0 aliphatic carbocycles. The maximum absolute atomic E-state index is 2.49. The first kappa shape index (κ1) is 38.2. The summed E-state index contributed by atoms with van der Waals surface area (Å²) in [6, 6.07) is 93.1. The Labute approximate surface area is 395 Å². The lowest BCUT2D eigenvalue weighted by Crippen LogP contribution is -2.11. The summed E-state index contributed by atoms with van der Waals surface area (Å²) in [5, 5.41) is 2.44. The maximum atomic E-state index is 2.49. The Morgan fingerprint density at radius 3 is 0.985 bits per heavy atom. The zero-order valence-corrected chi connectivity index (χ0v) is 37.0. The highest BCUT2D eigenvalue weighted by Gasteiger charge is 2.33. The van der Waals surface area contributed by atoms with Crippen LogP contribution in [0.25, 0.3) is 89.1 Å². The molecule has 0 bridgehead atoms. The number of hydrogen-bond donors (Lipinski definition) is 0. The van der Waals surface area contributed by atoms with Crippen LogP contribution in [0.3, 0.4) is 0 Å². The topological polar surface area (TPSA) is 16.3 Å². The van der Waals surface area contributed by atoms with Crippen molar-refractivity contribution in [1.82, 2.24) is 9.13 Å². The highest BCUT2D eigenvalue weighted by Crippen LogP contribution is 2.56. The van der Waals surface area contributed by atoms with Crippen LogP contribution in [0.5, 0.6) is 0 Å². The molecule has 14 rings (SSSR count). The van der Waals surface area contributed by atoms with Crippen molar-refractivity contribution in [3.8, 4) is 67.3 Å². The Hall–Kier alpha value is -9.12. The van der Waals surface area contributed by atoms with E-state index in [1.807, 2.05) is 0 Å². The first-order valence-electron chi connectivity index (χ1n) is 23.4. The van der Waals surface area contributed by atoms with Gasteiger partial charge in [-0.25, -0.2) is 0 Å². The Kier molecular flexibility index (Phi) is 8.55. The SMILES string of the molecule is c1ccc(N2c3ccccc3-c3c(n(-c4cccc(-c5cccc(-n6c7c(c8ccccc86)-c6ccccc6N(c6ccccc6)c6ccccc6-7)c5)c4)c4ccccc34)-c3ccccc32)cc1. The van der Waals surface area contributed by atoms with Gasteiger partial charge in [-0.15, -0.1) is 0 Å². The number of anilines is 6. The number of fused-ring (bicyclic) bond motifs is 14. The minimum absolute atomic E-state index is 1.11. The van der Waals surface area contributed by atoms with Gasteiger partial charge in [-0.05, 0) is 96.1 Å². The third-order valence-corrected chi connectivity index (χ3v) is 13.9. The van der Waals surface area contributed by atoms with Gasteiger partial charge in [-0.1, -0.05) is 170 Å². The number of benzene rings is 10. The molecule has 0 saturated carbocycles. The Morgan fingerprint density at radius 2 is 0.559 bits per heavy atom. The van der Waals surface area contributed by atoms with Crippen LogP contribution in [0.15, 0.2) is 255 Å². The highest BCUT2D eigenvalue weighted by molar-refractivity contribution is 6.14. The summed E-state index contributed by atoms with van der Waals surface area (Å²) in [7, 11) is 0. The third-order valence-electron chi connectivity index (χ3n) is 13.9. The molecule has 0 amide bonds. The number of hydrogen-bond acceptors (Lipinski definition) is 2. The van der Waals surface area contributed by atoms with Crippen molar-refractivity contribution in [2.24, 2.45) is 0 Å². The van der Waals surface area contributed by atoms with Gasteiger partial charge in [0.25, 0.3) is 0 Å². The summed E-state index contributed by atoms with van der Waals surface area (Å²) in [4.78, 5) is 4.85. The normalized spacial score (nSPS) is 12.4. The van der Waals surface area contributed by atoms with Crippen molar-refractivity contribution in [2.75, 3.05) is 9.80 Å². The number of para-hydroxylation sites is 8. The van der Waals surface area contributed by atoms with Crippen LogP contribution >= 0.6 is 0 Å². The van der Waals surface area contributed by atoms with Gasteiger partial charge >= 0.3 is 0 Å². The average Bonchev–Trinajstić information content (AvgIpc) is 3.85. The van der Waals surface area contributed by atoms with Gasteiger partial charge in [0.15, 0.2) is 0 Å². The predicted octanol–water partition coefficient (Wildman–Crippen LogP) is 17.5. The standard InChI is InChI=1S/C64H42N4/c1-3-23-45(24-4-1)65-55-35-13-7-29-49(55)61-51-31-9-15-37-57(51)67(63(61)53-33-11-17-39-59(53)65)47-27-19-21-43(41-47)44-22-20-28-48(42-44)68-58-38-16-10-32-52(58)62-50-30-8-14-36-56(50)66(46-25-5-2-6-26-46)60-40-18-12-34-54(60)64(62)68/h1-42H. The lowest BCUT2D eigenvalue weighted by atomic mass is 9.98. The maximum Gasteiger partial charge on any atom is 0.0641 e. The monoisotopic (exact) mass is 866 g/mol. The first-order valence-corrected chi connectivity index (χ1v) is 23.4. The van der Waals surface area contributed by atoms with Crippen LogP contribution in [0.1, 0.15) is 0 Å². The summed E-state index contributed by atoms with van der Waals surface area (Å²) < 4.78 is 4.99. The largest absolute Gasteiger partial charge is 0.309 e. The van der Waals surface area contributed by atoms with Crippen molar-refractivity contribution in [2.45, 2.75) is 0 Å². The molecule has 2 aliphatic rings. The second kappa shape index (κ2) is 15.2. The highest BCUT2D eigenvalue weighted by atomic mass is 15.2. The van der Waals surface area contributed by atoms with Crippen molar-refractivity contribution in [1.29, 1.82) is 0 Å². The molecule has 4 nitrogen and oxygen atoms in total. The molecule has 68 heavy (non-hydrogen) atoms. The van der Waals surface area contributed by atoms with Crippen LogP contribution in [-0.4, -0.2) is 9.13 Å². The van der Waals surface area contributed by atoms with E-state index in [0.29, 0.717) is 0 Å². The average molecular weight is 867 g/mol. The summed E-state index contributed by atoms with van der Waals surface area (Å²) in [6.07, 6.45) is 0. The molecule has 10 aromatic carbocycles. The quantitative estimate of drug-likeness (QED) is 0.171. The van der Waals surface area contributed by atoms with Crippen LogP contribution in [-0.2, 0) is 0 Å². The summed E-state index contributed by atoms with van der Waals surface area (Å²) in [5.41, 5.74) is 23.3. The molecule has 0 unspecified atom stereocenters. The molecule has 318 valence electrons. The Balaban J connectivity index is 0.976. The van der Waals surface area contributed by atoms with Gasteiger partial charge < -0.3 is 18.9 Å². The number of rotatable bonds is 5. The third kappa shape index (κ3) is 5.68. The second-order valence-electron chi connectivity index (χ2n) is 17.7. The lowest BCUT2D eigenvalue weighted by molar-refractivity contribution is 1.13. The van der Waals surface area contributed by atoms with Gasteiger partial charge in [-0.3, -0.25) is 0 Å². The van der Waals surface area contributed by atoms with E-state index in [2.05, 4.69) is 274 Å². The fraction of sp³-hybridized carbons (Fsp3) is 0. The molecule has 0 N–H and O–H groups in total.